The number of hydrogen-bond acceptors (Lipinski definition) is 5. The Balaban J connectivity index is 1.93. The van der Waals surface area contributed by atoms with E-state index in [1.807, 2.05) is 46.8 Å². The molecule has 3 heterocycles. The number of fused-ring (bicyclic) bond motifs is 1. The second kappa shape index (κ2) is 11.0. The SMILES string of the molecule is C=CCN(C)C(=O)[C@H]1[C@H]2C(=O)N([C@@H](CO)C(C)C)C(C(=O)N(CC=C)c3c(C)cccc3Cl)C23CC(C)[C@]1(C)O3. The fourth-order valence-electron chi connectivity index (χ4n) is 7.36. The first kappa shape index (κ1) is 30.3. The predicted octanol–water partition coefficient (Wildman–Crippen LogP) is 3.84. The Morgan fingerprint density at radius 1 is 1.25 bits per heavy atom. The summed E-state index contributed by atoms with van der Waals surface area (Å²) in [6, 6.07) is 3.71. The lowest BCUT2D eigenvalue weighted by atomic mass is 9.62. The number of rotatable bonds is 10. The van der Waals surface area contributed by atoms with Crippen molar-refractivity contribution >= 4 is 35.0 Å². The molecule has 218 valence electrons. The topological polar surface area (TPSA) is 90.4 Å². The van der Waals surface area contributed by atoms with Crippen molar-refractivity contribution in [2.24, 2.45) is 23.7 Å². The highest BCUT2D eigenvalue weighted by Crippen LogP contribution is 2.66. The van der Waals surface area contributed by atoms with E-state index in [4.69, 9.17) is 16.3 Å². The molecule has 1 spiro atoms. The fraction of sp³-hybridized carbons (Fsp3) is 0.581. The van der Waals surface area contributed by atoms with Gasteiger partial charge in [0.25, 0.3) is 5.91 Å². The standard InChI is InChI=1S/C31H42ClN3O5/c1-9-14-33(8)27(37)23-24-28(38)35(22(17-36)18(3)4)26(31(24)16-20(6)30(23,7)40-31)29(39)34(15-10-2)25-19(5)12-11-13-21(25)32/h9-13,18,20,22-24,26,36H,1-2,14-17H2,3-8H3/t20?,22-,23+,24-,26?,30-,31?/m0/s1. The molecule has 3 aliphatic rings. The molecule has 3 unspecified atom stereocenters. The van der Waals surface area contributed by atoms with Crippen LogP contribution in [0, 0.1) is 30.6 Å². The zero-order valence-corrected chi connectivity index (χ0v) is 25.1. The summed E-state index contributed by atoms with van der Waals surface area (Å²) in [5.41, 5.74) is -0.842. The van der Waals surface area contributed by atoms with Crippen LogP contribution in [0.3, 0.4) is 0 Å². The van der Waals surface area contributed by atoms with Gasteiger partial charge in [0, 0.05) is 20.1 Å². The second-order valence-corrected chi connectivity index (χ2v) is 12.5. The molecule has 0 aliphatic carbocycles. The van der Waals surface area contributed by atoms with Gasteiger partial charge in [0.2, 0.25) is 11.8 Å². The number of anilines is 1. The molecule has 9 heteroatoms. The van der Waals surface area contributed by atoms with Crippen molar-refractivity contribution in [1.82, 2.24) is 9.80 Å². The van der Waals surface area contributed by atoms with Gasteiger partial charge in [-0.05, 0) is 43.7 Å². The molecule has 3 amide bonds. The minimum Gasteiger partial charge on any atom is -0.394 e. The van der Waals surface area contributed by atoms with Crippen LogP contribution in [-0.4, -0.2) is 82.7 Å². The number of likely N-dealkylation sites (N-methyl/N-ethyl adjacent to an activating group) is 1. The number of para-hydroxylation sites is 1. The molecule has 8 nitrogen and oxygen atoms in total. The third-order valence-corrected chi connectivity index (χ3v) is 9.69. The monoisotopic (exact) mass is 571 g/mol. The van der Waals surface area contributed by atoms with E-state index in [0.29, 0.717) is 23.7 Å². The van der Waals surface area contributed by atoms with Gasteiger partial charge in [0.05, 0.1) is 40.8 Å². The first-order valence-electron chi connectivity index (χ1n) is 14.0. The van der Waals surface area contributed by atoms with Crippen molar-refractivity contribution in [3.8, 4) is 0 Å². The van der Waals surface area contributed by atoms with Crippen LogP contribution in [0.15, 0.2) is 43.5 Å². The van der Waals surface area contributed by atoms with Crippen LogP contribution in [0.5, 0.6) is 0 Å². The highest BCUT2D eigenvalue weighted by atomic mass is 35.5. The van der Waals surface area contributed by atoms with Crippen molar-refractivity contribution in [3.63, 3.8) is 0 Å². The number of halogens is 1. The number of benzene rings is 1. The maximum atomic E-state index is 14.8. The Morgan fingerprint density at radius 3 is 2.45 bits per heavy atom. The van der Waals surface area contributed by atoms with Gasteiger partial charge in [-0.1, -0.05) is 56.7 Å². The Morgan fingerprint density at radius 2 is 1.90 bits per heavy atom. The van der Waals surface area contributed by atoms with Crippen molar-refractivity contribution in [1.29, 1.82) is 0 Å². The number of likely N-dealkylation sites (tertiary alicyclic amines) is 1. The summed E-state index contributed by atoms with van der Waals surface area (Å²) >= 11 is 6.64. The molecule has 1 N–H and O–H groups in total. The molecule has 4 rings (SSSR count). The van der Waals surface area contributed by atoms with Gasteiger partial charge in [-0.25, -0.2) is 0 Å². The van der Waals surface area contributed by atoms with Crippen LogP contribution in [-0.2, 0) is 19.1 Å². The number of amides is 3. The van der Waals surface area contributed by atoms with Crippen LogP contribution in [0.4, 0.5) is 5.69 Å². The fourth-order valence-corrected chi connectivity index (χ4v) is 7.69. The molecule has 3 aliphatic heterocycles. The maximum Gasteiger partial charge on any atom is 0.253 e. The largest absolute Gasteiger partial charge is 0.394 e. The Hall–Kier alpha value is -2.68. The van der Waals surface area contributed by atoms with E-state index < -0.39 is 35.1 Å². The Kier molecular flexibility index (Phi) is 8.29. The van der Waals surface area contributed by atoms with E-state index in [1.165, 1.54) is 4.90 Å². The molecule has 0 aromatic heterocycles. The van der Waals surface area contributed by atoms with Crippen LogP contribution in [0.2, 0.25) is 5.02 Å². The van der Waals surface area contributed by atoms with Crippen molar-refractivity contribution < 1.29 is 24.2 Å². The van der Waals surface area contributed by atoms with Gasteiger partial charge in [-0.2, -0.15) is 0 Å². The van der Waals surface area contributed by atoms with Gasteiger partial charge in [-0.3, -0.25) is 14.4 Å². The maximum absolute atomic E-state index is 14.8. The molecule has 1 aromatic rings. The summed E-state index contributed by atoms with van der Waals surface area (Å²) in [6.07, 6.45) is 3.69. The van der Waals surface area contributed by atoms with Gasteiger partial charge in [-0.15, -0.1) is 13.2 Å². The lowest BCUT2D eigenvalue weighted by molar-refractivity contribution is -0.154. The molecular weight excluding hydrogens is 530 g/mol. The van der Waals surface area contributed by atoms with Crippen molar-refractivity contribution in [2.75, 3.05) is 31.6 Å². The van der Waals surface area contributed by atoms with Crippen LogP contribution >= 0.6 is 11.6 Å². The third kappa shape index (κ3) is 4.30. The highest BCUT2D eigenvalue weighted by Gasteiger charge is 2.80. The second-order valence-electron chi connectivity index (χ2n) is 12.1. The predicted molar refractivity (Wildman–Crippen MR) is 156 cm³/mol. The summed E-state index contributed by atoms with van der Waals surface area (Å²) in [5.74, 6) is -2.81. The van der Waals surface area contributed by atoms with Gasteiger partial charge < -0.3 is 24.5 Å². The minimum absolute atomic E-state index is 0.0978. The van der Waals surface area contributed by atoms with Crippen LogP contribution in [0.25, 0.3) is 0 Å². The number of hydrogen-bond donors (Lipinski definition) is 1. The summed E-state index contributed by atoms with van der Waals surface area (Å²) in [7, 11) is 1.69. The quantitative estimate of drug-likeness (QED) is 0.431. The number of ether oxygens (including phenoxy) is 1. The Bertz CT molecular complexity index is 1200. The number of carbonyl (C=O) groups is 3. The van der Waals surface area contributed by atoms with Gasteiger partial charge >= 0.3 is 0 Å². The summed E-state index contributed by atoms with van der Waals surface area (Å²) in [4.78, 5) is 47.9. The molecule has 40 heavy (non-hydrogen) atoms. The van der Waals surface area contributed by atoms with E-state index in [-0.39, 0.29) is 42.7 Å². The summed E-state index contributed by atoms with van der Waals surface area (Å²) < 4.78 is 6.86. The van der Waals surface area contributed by atoms with E-state index in [9.17, 15) is 19.5 Å². The molecule has 3 fully saturated rings. The van der Waals surface area contributed by atoms with Crippen LogP contribution in [0.1, 0.15) is 39.7 Å². The summed E-state index contributed by atoms with van der Waals surface area (Å²) in [5, 5.41) is 10.9. The molecule has 3 saturated heterocycles. The summed E-state index contributed by atoms with van der Waals surface area (Å²) in [6.45, 7) is 17.4. The zero-order chi connectivity index (χ0) is 29.7. The molecule has 7 atom stereocenters. The average molecular weight is 572 g/mol. The zero-order valence-electron chi connectivity index (χ0n) is 24.4. The van der Waals surface area contributed by atoms with E-state index in [2.05, 4.69) is 13.2 Å². The lowest BCUT2D eigenvalue weighted by Gasteiger charge is -2.41. The minimum atomic E-state index is -1.24. The van der Waals surface area contributed by atoms with E-state index in [0.717, 1.165) is 5.56 Å². The molecule has 1 aromatic carbocycles. The van der Waals surface area contributed by atoms with Crippen molar-refractivity contribution in [2.45, 2.75) is 64.3 Å². The number of aliphatic hydroxyl groups excluding tert-OH is 1. The van der Waals surface area contributed by atoms with Gasteiger partial charge in [0.15, 0.2) is 0 Å². The first-order chi connectivity index (χ1) is 18.8. The average Bonchev–Trinajstić information content (AvgIpc) is 3.40. The molecule has 2 bridgehead atoms. The number of nitrogens with zero attached hydrogens (tertiary/aromatic N) is 3. The van der Waals surface area contributed by atoms with Crippen LogP contribution < -0.4 is 4.90 Å². The smallest absolute Gasteiger partial charge is 0.253 e. The molecule has 0 radical (unpaired) electrons. The van der Waals surface area contributed by atoms with E-state index >= 15 is 0 Å². The first-order valence-corrected chi connectivity index (χ1v) is 14.4. The van der Waals surface area contributed by atoms with E-state index in [1.54, 1.807) is 35.1 Å². The molecular formula is C31H42ClN3O5. The normalized spacial score (nSPS) is 31.3. The third-order valence-electron chi connectivity index (χ3n) is 9.38. The number of aryl methyl sites for hydroxylation is 1. The number of aliphatic hydroxyl groups is 1. The number of carbonyl (C=O) groups excluding carboxylic acids is 3. The Labute approximate surface area is 242 Å². The van der Waals surface area contributed by atoms with Crippen molar-refractivity contribution in [3.05, 3.63) is 54.1 Å². The van der Waals surface area contributed by atoms with Gasteiger partial charge in [0.1, 0.15) is 11.6 Å². The highest BCUT2D eigenvalue weighted by molar-refractivity contribution is 6.34. The molecule has 0 saturated carbocycles. The lowest BCUT2D eigenvalue weighted by Crippen LogP contribution is -2.60.